The van der Waals surface area contributed by atoms with Crippen LogP contribution in [0.1, 0.15) is 10.4 Å². The number of hydrogen-bond donors (Lipinski definition) is 0. The third kappa shape index (κ3) is 11.3. The van der Waals surface area contributed by atoms with E-state index in [-0.39, 0.29) is 0 Å². The molecule has 33 heavy (non-hydrogen) atoms. The lowest BCUT2D eigenvalue weighted by molar-refractivity contribution is -0.00187. The van der Waals surface area contributed by atoms with Crippen LogP contribution in [0, 0.1) is 12.3 Å². The predicted molar refractivity (Wildman–Crippen MR) is 120 cm³/mol. The van der Waals surface area contributed by atoms with Gasteiger partial charge >= 0.3 is 5.97 Å². The molecule has 2 rings (SSSR count). The molecule has 0 aliphatic rings. The van der Waals surface area contributed by atoms with Gasteiger partial charge in [-0.15, -0.1) is 6.42 Å². The van der Waals surface area contributed by atoms with Crippen molar-refractivity contribution in [2.45, 2.75) is 0 Å². The minimum absolute atomic E-state index is 0.297. The van der Waals surface area contributed by atoms with E-state index in [0.29, 0.717) is 82.4 Å². The van der Waals surface area contributed by atoms with Gasteiger partial charge in [0, 0.05) is 18.3 Å². The van der Waals surface area contributed by atoms with Gasteiger partial charge in [-0.05, 0) is 18.2 Å². The largest absolute Gasteiger partial charge is 0.491 e. The highest BCUT2D eigenvalue weighted by atomic mass is 16.6. The van der Waals surface area contributed by atoms with E-state index in [1.807, 2.05) is 12.1 Å². The van der Waals surface area contributed by atoms with E-state index in [4.69, 9.17) is 34.8 Å². The van der Waals surface area contributed by atoms with Crippen molar-refractivity contribution in [3.05, 3.63) is 48.2 Å². The molecule has 1 heterocycles. The molecule has 0 aliphatic carbocycles. The zero-order chi connectivity index (χ0) is 23.6. The third-order valence-electron chi connectivity index (χ3n) is 3.98. The van der Waals surface area contributed by atoms with E-state index in [1.54, 1.807) is 24.3 Å². The Labute approximate surface area is 193 Å². The number of ether oxygens (including phenoxy) is 7. The molecule has 0 radical (unpaired) electrons. The molecule has 9 nitrogen and oxygen atoms in total. The van der Waals surface area contributed by atoms with Crippen molar-refractivity contribution in [2.24, 2.45) is 0 Å². The topological polar surface area (TPSA) is 94.6 Å². The highest BCUT2D eigenvalue weighted by Crippen LogP contribution is 2.24. The fourth-order valence-electron chi connectivity index (χ4n) is 2.44. The minimum Gasteiger partial charge on any atom is -0.491 e. The Morgan fingerprint density at radius 1 is 0.879 bits per heavy atom. The van der Waals surface area contributed by atoms with E-state index in [9.17, 15) is 4.79 Å². The second-order valence-corrected chi connectivity index (χ2v) is 6.40. The summed E-state index contributed by atoms with van der Waals surface area (Å²) in [4.78, 5) is 15.6. The predicted octanol–water partition coefficient (Wildman–Crippen LogP) is 2.74. The van der Waals surface area contributed by atoms with Crippen LogP contribution in [-0.4, -0.2) is 77.5 Å². The molecule has 0 saturated heterocycles. The summed E-state index contributed by atoms with van der Waals surface area (Å²) in [5.41, 5.74) is 0.350. The maximum Gasteiger partial charge on any atom is 0.339 e. The first kappa shape index (κ1) is 26.1. The number of carbonyl (C=O) groups is 1. The van der Waals surface area contributed by atoms with Crippen molar-refractivity contribution in [3.8, 4) is 29.7 Å². The van der Waals surface area contributed by atoms with Gasteiger partial charge in [0.15, 0.2) is 0 Å². The van der Waals surface area contributed by atoms with Crippen LogP contribution in [0.2, 0.25) is 0 Å². The van der Waals surface area contributed by atoms with Crippen molar-refractivity contribution in [3.63, 3.8) is 0 Å². The lowest BCUT2D eigenvalue weighted by atomic mass is 10.3. The van der Waals surface area contributed by atoms with Crippen LogP contribution in [0.25, 0.3) is 0 Å². The normalized spacial score (nSPS) is 10.4. The third-order valence-corrected chi connectivity index (χ3v) is 3.98. The first-order valence-electron chi connectivity index (χ1n) is 10.4. The summed E-state index contributed by atoms with van der Waals surface area (Å²) in [5.74, 6) is 3.49. The average molecular weight is 459 g/mol. The van der Waals surface area contributed by atoms with Crippen LogP contribution >= 0.6 is 0 Å². The van der Waals surface area contributed by atoms with Crippen LogP contribution in [-0.2, 0) is 23.7 Å². The molecule has 0 aliphatic heterocycles. The maximum absolute atomic E-state index is 11.5. The summed E-state index contributed by atoms with van der Waals surface area (Å²) in [6.45, 7) is 3.99. The molecule has 0 saturated carbocycles. The number of pyridine rings is 1. The summed E-state index contributed by atoms with van der Waals surface area (Å²) in [5, 5.41) is 0. The van der Waals surface area contributed by atoms with E-state index in [1.165, 1.54) is 13.3 Å². The van der Waals surface area contributed by atoms with E-state index >= 15 is 0 Å². The van der Waals surface area contributed by atoms with Gasteiger partial charge in [-0.3, -0.25) is 0 Å². The summed E-state index contributed by atoms with van der Waals surface area (Å²) in [6, 6.07) is 10.3. The Balaban J connectivity index is 1.53. The molecule has 1 aromatic heterocycles. The molecule has 0 spiro atoms. The number of aromatic nitrogens is 1. The SMILES string of the molecule is C#CCOCCOCCOCCOCCOc1cccc(Oc2ccc(C(=O)OC)cn2)c1. The molecule has 0 atom stereocenters. The first-order chi connectivity index (χ1) is 16.2. The van der Waals surface area contributed by atoms with Crippen molar-refractivity contribution in [2.75, 3.05) is 66.6 Å². The number of terminal acetylenes is 1. The Bertz CT molecular complexity index is 850. The Morgan fingerprint density at radius 3 is 2.12 bits per heavy atom. The summed E-state index contributed by atoms with van der Waals surface area (Å²) >= 11 is 0. The molecule has 2 aromatic rings. The molecule has 1 aromatic carbocycles. The molecule has 0 amide bonds. The fourth-order valence-corrected chi connectivity index (χ4v) is 2.44. The molecular formula is C24H29NO8. The standard InChI is InChI=1S/C24H29NO8/c1-3-9-28-10-11-29-12-13-30-14-15-31-16-17-32-21-5-4-6-22(18-21)33-23-8-7-20(19-25-23)24(26)27-2/h1,4-8,18-19H,9-17H2,2H3. The van der Waals surface area contributed by atoms with Crippen molar-refractivity contribution in [1.82, 2.24) is 4.98 Å². The number of nitrogens with zero attached hydrogens (tertiary/aromatic N) is 1. The van der Waals surface area contributed by atoms with Crippen molar-refractivity contribution < 1.29 is 38.0 Å². The first-order valence-corrected chi connectivity index (χ1v) is 10.4. The summed E-state index contributed by atoms with van der Waals surface area (Å²) in [6.07, 6.45) is 6.47. The number of carbonyl (C=O) groups excluding carboxylic acids is 1. The van der Waals surface area contributed by atoms with E-state index in [0.717, 1.165) is 0 Å². The van der Waals surface area contributed by atoms with Gasteiger partial charge in [0.05, 0.1) is 58.9 Å². The van der Waals surface area contributed by atoms with Gasteiger partial charge in [0.1, 0.15) is 24.7 Å². The molecule has 9 heteroatoms. The van der Waals surface area contributed by atoms with Crippen LogP contribution in [0.15, 0.2) is 42.6 Å². The van der Waals surface area contributed by atoms with Crippen molar-refractivity contribution in [1.29, 1.82) is 0 Å². The van der Waals surface area contributed by atoms with E-state index < -0.39 is 5.97 Å². The maximum atomic E-state index is 11.5. The number of hydrogen-bond acceptors (Lipinski definition) is 9. The lowest BCUT2D eigenvalue weighted by Crippen LogP contribution is -2.13. The number of esters is 1. The molecule has 0 bridgehead atoms. The monoisotopic (exact) mass is 459 g/mol. The van der Waals surface area contributed by atoms with Gasteiger partial charge in [0.2, 0.25) is 5.88 Å². The van der Waals surface area contributed by atoms with Gasteiger partial charge in [-0.2, -0.15) is 0 Å². The van der Waals surface area contributed by atoms with Crippen LogP contribution < -0.4 is 9.47 Å². The second kappa shape index (κ2) is 16.5. The summed E-state index contributed by atoms with van der Waals surface area (Å²) < 4.78 is 37.3. The molecule has 0 N–H and O–H groups in total. The van der Waals surface area contributed by atoms with Gasteiger partial charge < -0.3 is 33.2 Å². The van der Waals surface area contributed by atoms with E-state index in [2.05, 4.69) is 15.6 Å². The Morgan fingerprint density at radius 2 is 1.52 bits per heavy atom. The van der Waals surface area contributed by atoms with Crippen LogP contribution in [0.3, 0.4) is 0 Å². The number of methoxy groups -OCH3 is 1. The zero-order valence-corrected chi connectivity index (χ0v) is 18.7. The van der Waals surface area contributed by atoms with Gasteiger partial charge in [-0.1, -0.05) is 12.0 Å². The highest BCUT2D eigenvalue weighted by molar-refractivity contribution is 5.88. The van der Waals surface area contributed by atoms with Gasteiger partial charge in [-0.25, -0.2) is 9.78 Å². The van der Waals surface area contributed by atoms with Crippen molar-refractivity contribution >= 4 is 5.97 Å². The Hall–Kier alpha value is -3.16. The summed E-state index contributed by atoms with van der Waals surface area (Å²) in [7, 11) is 1.32. The molecular weight excluding hydrogens is 430 g/mol. The molecule has 178 valence electrons. The minimum atomic E-state index is -0.453. The average Bonchev–Trinajstić information content (AvgIpc) is 2.84. The molecule has 0 unspecified atom stereocenters. The van der Waals surface area contributed by atoms with Crippen LogP contribution in [0.4, 0.5) is 0 Å². The second-order valence-electron chi connectivity index (χ2n) is 6.40. The molecule has 0 fully saturated rings. The number of rotatable bonds is 17. The lowest BCUT2D eigenvalue weighted by Gasteiger charge is -2.10. The van der Waals surface area contributed by atoms with Crippen LogP contribution in [0.5, 0.6) is 17.4 Å². The quantitative estimate of drug-likeness (QED) is 0.201. The Kier molecular flexibility index (Phi) is 13.0. The smallest absolute Gasteiger partial charge is 0.339 e. The zero-order valence-electron chi connectivity index (χ0n) is 18.7. The fraction of sp³-hybridized carbons (Fsp3) is 0.417. The highest BCUT2D eigenvalue weighted by Gasteiger charge is 2.07. The number of benzene rings is 1. The van der Waals surface area contributed by atoms with Gasteiger partial charge in [0.25, 0.3) is 0 Å².